The van der Waals surface area contributed by atoms with E-state index in [-0.39, 0.29) is 6.04 Å². The molecule has 1 fully saturated rings. The highest BCUT2D eigenvalue weighted by Gasteiger charge is 2.27. The van der Waals surface area contributed by atoms with Crippen molar-refractivity contribution in [2.45, 2.75) is 45.1 Å². The Labute approximate surface area is 110 Å². The van der Waals surface area contributed by atoms with Crippen LogP contribution in [0.15, 0.2) is 30.3 Å². The monoisotopic (exact) mass is 245 g/mol. The van der Waals surface area contributed by atoms with Gasteiger partial charge in [-0.1, -0.05) is 50.1 Å². The fraction of sp³-hybridized carbons (Fsp3) is 0.562. The molecule has 2 heteroatoms. The molecule has 0 saturated carbocycles. The van der Waals surface area contributed by atoms with Crippen LogP contribution in [0.25, 0.3) is 0 Å². The number of carbonyl (C=O) groups is 1. The van der Waals surface area contributed by atoms with Crippen molar-refractivity contribution in [2.24, 2.45) is 0 Å². The SMILES string of the molecule is CCCCC(C(=O)c1ccccc1)N1CCCC1. The second-order valence-electron chi connectivity index (χ2n) is 5.13. The van der Waals surface area contributed by atoms with Crippen molar-refractivity contribution < 1.29 is 4.79 Å². The predicted molar refractivity (Wildman–Crippen MR) is 74.9 cm³/mol. The van der Waals surface area contributed by atoms with Crippen LogP contribution in [0, 0.1) is 0 Å². The molecule has 1 aromatic carbocycles. The molecule has 1 unspecified atom stereocenters. The van der Waals surface area contributed by atoms with Crippen LogP contribution in [0.3, 0.4) is 0 Å². The average molecular weight is 245 g/mol. The Kier molecular flexibility index (Phi) is 4.94. The zero-order valence-corrected chi connectivity index (χ0v) is 11.3. The van der Waals surface area contributed by atoms with Crippen LogP contribution in [0.1, 0.15) is 49.4 Å². The van der Waals surface area contributed by atoms with E-state index in [1.165, 1.54) is 12.8 Å². The molecular weight excluding hydrogens is 222 g/mol. The second kappa shape index (κ2) is 6.69. The van der Waals surface area contributed by atoms with E-state index in [9.17, 15) is 4.79 Å². The Balaban J connectivity index is 2.09. The molecule has 1 aromatic rings. The standard InChI is InChI=1S/C16H23NO/c1-2-3-11-15(17-12-7-8-13-17)16(18)14-9-5-4-6-10-14/h4-6,9-10,15H,2-3,7-8,11-13H2,1H3. The van der Waals surface area contributed by atoms with Gasteiger partial charge in [-0.15, -0.1) is 0 Å². The van der Waals surface area contributed by atoms with Crippen molar-refractivity contribution in [1.29, 1.82) is 0 Å². The first kappa shape index (κ1) is 13.3. The molecule has 1 atom stereocenters. The van der Waals surface area contributed by atoms with Crippen LogP contribution >= 0.6 is 0 Å². The fourth-order valence-electron chi connectivity index (χ4n) is 2.73. The van der Waals surface area contributed by atoms with Crippen LogP contribution in [-0.4, -0.2) is 29.8 Å². The molecule has 0 spiro atoms. The average Bonchev–Trinajstić information content (AvgIpc) is 2.94. The van der Waals surface area contributed by atoms with Gasteiger partial charge >= 0.3 is 0 Å². The van der Waals surface area contributed by atoms with E-state index >= 15 is 0 Å². The normalized spacial score (nSPS) is 17.8. The number of ketones is 1. The highest BCUT2D eigenvalue weighted by Crippen LogP contribution is 2.20. The molecule has 1 aliphatic heterocycles. The summed E-state index contributed by atoms with van der Waals surface area (Å²) in [6, 6.07) is 9.86. The van der Waals surface area contributed by atoms with E-state index in [0.29, 0.717) is 5.78 Å². The van der Waals surface area contributed by atoms with Gasteiger partial charge in [-0.05, 0) is 32.4 Å². The van der Waals surface area contributed by atoms with Crippen molar-refractivity contribution in [3.63, 3.8) is 0 Å². The van der Waals surface area contributed by atoms with E-state index < -0.39 is 0 Å². The highest BCUT2D eigenvalue weighted by atomic mass is 16.1. The number of carbonyl (C=O) groups excluding carboxylic acids is 1. The van der Waals surface area contributed by atoms with Crippen molar-refractivity contribution in [1.82, 2.24) is 4.90 Å². The quantitative estimate of drug-likeness (QED) is 0.715. The number of benzene rings is 1. The summed E-state index contributed by atoms with van der Waals surface area (Å²) in [5.74, 6) is 0.311. The van der Waals surface area contributed by atoms with E-state index in [1.807, 2.05) is 30.3 Å². The van der Waals surface area contributed by atoms with Gasteiger partial charge in [0.1, 0.15) is 0 Å². The lowest BCUT2D eigenvalue weighted by Gasteiger charge is -2.26. The third kappa shape index (κ3) is 3.20. The van der Waals surface area contributed by atoms with E-state index in [2.05, 4.69) is 11.8 Å². The number of hydrogen-bond donors (Lipinski definition) is 0. The number of Topliss-reactive ketones (excluding diaryl/α,β-unsaturated/α-hetero) is 1. The van der Waals surface area contributed by atoms with E-state index in [0.717, 1.165) is 37.9 Å². The largest absolute Gasteiger partial charge is 0.293 e. The van der Waals surface area contributed by atoms with Gasteiger partial charge in [0.2, 0.25) is 0 Å². The van der Waals surface area contributed by atoms with Gasteiger partial charge in [-0.25, -0.2) is 0 Å². The number of likely N-dealkylation sites (tertiary alicyclic amines) is 1. The third-order valence-corrected chi connectivity index (χ3v) is 3.77. The van der Waals surface area contributed by atoms with Crippen LogP contribution in [0.2, 0.25) is 0 Å². The third-order valence-electron chi connectivity index (χ3n) is 3.77. The van der Waals surface area contributed by atoms with Crippen molar-refractivity contribution in [3.8, 4) is 0 Å². The van der Waals surface area contributed by atoms with Crippen LogP contribution in [0.5, 0.6) is 0 Å². The summed E-state index contributed by atoms with van der Waals surface area (Å²) in [5, 5.41) is 0. The number of rotatable bonds is 6. The summed E-state index contributed by atoms with van der Waals surface area (Å²) in [7, 11) is 0. The number of hydrogen-bond acceptors (Lipinski definition) is 2. The Morgan fingerprint density at radius 3 is 2.50 bits per heavy atom. The van der Waals surface area contributed by atoms with Crippen molar-refractivity contribution in [3.05, 3.63) is 35.9 Å². The number of unbranched alkanes of at least 4 members (excludes halogenated alkanes) is 1. The van der Waals surface area contributed by atoms with Crippen molar-refractivity contribution in [2.75, 3.05) is 13.1 Å². The summed E-state index contributed by atoms with van der Waals surface area (Å²) in [6.07, 6.45) is 5.78. The molecule has 1 aliphatic rings. The Bertz CT molecular complexity index is 368. The molecular formula is C16H23NO. The predicted octanol–water partition coefficient (Wildman–Crippen LogP) is 3.52. The zero-order valence-electron chi connectivity index (χ0n) is 11.3. The molecule has 0 aliphatic carbocycles. The van der Waals surface area contributed by atoms with Gasteiger partial charge in [0.25, 0.3) is 0 Å². The topological polar surface area (TPSA) is 20.3 Å². The van der Waals surface area contributed by atoms with Gasteiger partial charge in [0.15, 0.2) is 5.78 Å². The molecule has 0 bridgehead atoms. The molecule has 1 saturated heterocycles. The minimum Gasteiger partial charge on any atom is -0.293 e. The Morgan fingerprint density at radius 2 is 1.89 bits per heavy atom. The Hall–Kier alpha value is -1.15. The van der Waals surface area contributed by atoms with Crippen LogP contribution in [-0.2, 0) is 0 Å². The first-order chi connectivity index (χ1) is 8.83. The first-order valence-electron chi connectivity index (χ1n) is 7.16. The molecule has 2 rings (SSSR count). The van der Waals surface area contributed by atoms with E-state index in [1.54, 1.807) is 0 Å². The maximum Gasteiger partial charge on any atom is 0.179 e. The molecule has 2 nitrogen and oxygen atoms in total. The maximum atomic E-state index is 12.6. The van der Waals surface area contributed by atoms with Crippen LogP contribution < -0.4 is 0 Å². The maximum absolute atomic E-state index is 12.6. The lowest BCUT2D eigenvalue weighted by molar-refractivity contribution is 0.0835. The second-order valence-corrected chi connectivity index (χ2v) is 5.13. The van der Waals surface area contributed by atoms with Gasteiger partial charge in [-0.2, -0.15) is 0 Å². The van der Waals surface area contributed by atoms with Gasteiger partial charge in [0.05, 0.1) is 6.04 Å². The lowest BCUT2D eigenvalue weighted by atomic mass is 9.98. The van der Waals surface area contributed by atoms with Crippen LogP contribution in [0.4, 0.5) is 0 Å². The smallest absolute Gasteiger partial charge is 0.179 e. The zero-order chi connectivity index (χ0) is 12.8. The molecule has 0 N–H and O–H groups in total. The molecule has 18 heavy (non-hydrogen) atoms. The summed E-state index contributed by atoms with van der Waals surface area (Å²) in [5.41, 5.74) is 0.866. The number of nitrogens with zero attached hydrogens (tertiary/aromatic N) is 1. The van der Waals surface area contributed by atoms with Gasteiger partial charge < -0.3 is 0 Å². The molecule has 0 aromatic heterocycles. The fourth-order valence-corrected chi connectivity index (χ4v) is 2.73. The minimum absolute atomic E-state index is 0.106. The summed E-state index contributed by atoms with van der Waals surface area (Å²) < 4.78 is 0. The van der Waals surface area contributed by atoms with Gasteiger partial charge in [-0.3, -0.25) is 9.69 Å². The first-order valence-corrected chi connectivity index (χ1v) is 7.16. The molecule has 0 radical (unpaired) electrons. The highest BCUT2D eigenvalue weighted by molar-refractivity contribution is 6.00. The lowest BCUT2D eigenvalue weighted by Crippen LogP contribution is -2.39. The Morgan fingerprint density at radius 1 is 1.22 bits per heavy atom. The summed E-state index contributed by atoms with van der Waals surface area (Å²) in [4.78, 5) is 15.0. The van der Waals surface area contributed by atoms with E-state index in [4.69, 9.17) is 0 Å². The summed E-state index contributed by atoms with van der Waals surface area (Å²) >= 11 is 0. The minimum atomic E-state index is 0.106. The van der Waals surface area contributed by atoms with Crippen molar-refractivity contribution >= 4 is 5.78 Å². The molecule has 0 amide bonds. The van der Waals surface area contributed by atoms with Gasteiger partial charge in [0, 0.05) is 5.56 Å². The molecule has 1 heterocycles. The molecule has 98 valence electrons. The summed E-state index contributed by atoms with van der Waals surface area (Å²) in [6.45, 7) is 4.37.